The lowest BCUT2D eigenvalue weighted by Crippen LogP contribution is -1.96. The quantitative estimate of drug-likeness (QED) is 0.533. The summed E-state index contributed by atoms with van der Waals surface area (Å²) in [5.74, 6) is -0.0834. The van der Waals surface area contributed by atoms with Gasteiger partial charge in [-0.05, 0) is 12.1 Å². The van der Waals surface area contributed by atoms with Crippen molar-refractivity contribution >= 4 is 5.78 Å². The highest BCUT2D eigenvalue weighted by atomic mass is 19.1. The average Bonchev–Trinajstić information content (AvgIpc) is 3.02. The van der Waals surface area contributed by atoms with Crippen molar-refractivity contribution in [2.24, 2.45) is 0 Å². The molecule has 1 aromatic carbocycles. The standard InChI is InChI=1S/C18H12F2N4O/c19-16-4-2-1-3-15(16)12-8-22-18-23-13(10-24(18)9-12)11-25-14-5-6-21-17(20)7-14/h1-10H,11H2. The van der Waals surface area contributed by atoms with E-state index in [1.807, 2.05) is 0 Å². The fraction of sp³-hybridized carbons (Fsp3) is 0.0556. The van der Waals surface area contributed by atoms with E-state index in [0.717, 1.165) is 0 Å². The number of pyridine rings is 1. The van der Waals surface area contributed by atoms with Crippen LogP contribution in [0.4, 0.5) is 8.78 Å². The molecule has 0 amide bonds. The van der Waals surface area contributed by atoms with Crippen LogP contribution in [0.3, 0.4) is 0 Å². The second-order valence-corrected chi connectivity index (χ2v) is 5.36. The summed E-state index contributed by atoms with van der Waals surface area (Å²) in [5, 5.41) is 0. The van der Waals surface area contributed by atoms with E-state index in [4.69, 9.17) is 4.74 Å². The predicted molar refractivity (Wildman–Crippen MR) is 86.9 cm³/mol. The van der Waals surface area contributed by atoms with E-state index in [2.05, 4.69) is 15.0 Å². The second kappa shape index (κ2) is 6.27. The number of imidazole rings is 1. The molecule has 0 unspecified atom stereocenters. The smallest absolute Gasteiger partial charge is 0.234 e. The maximum absolute atomic E-state index is 13.9. The lowest BCUT2D eigenvalue weighted by molar-refractivity contribution is 0.299. The molecule has 0 saturated carbocycles. The highest BCUT2D eigenvalue weighted by Gasteiger charge is 2.09. The number of hydrogen-bond acceptors (Lipinski definition) is 4. The highest BCUT2D eigenvalue weighted by molar-refractivity contribution is 5.63. The van der Waals surface area contributed by atoms with Crippen LogP contribution in [0, 0.1) is 11.8 Å². The summed E-state index contributed by atoms with van der Waals surface area (Å²) in [6.07, 6.45) is 6.40. The van der Waals surface area contributed by atoms with E-state index >= 15 is 0 Å². The van der Waals surface area contributed by atoms with Gasteiger partial charge < -0.3 is 4.74 Å². The van der Waals surface area contributed by atoms with Gasteiger partial charge in [0.15, 0.2) is 0 Å². The molecule has 3 heterocycles. The van der Waals surface area contributed by atoms with Gasteiger partial charge in [-0.3, -0.25) is 4.40 Å². The summed E-state index contributed by atoms with van der Waals surface area (Å²) in [5.41, 5.74) is 1.73. The lowest BCUT2D eigenvalue weighted by atomic mass is 10.1. The van der Waals surface area contributed by atoms with Crippen LogP contribution in [0.15, 0.2) is 61.2 Å². The number of fused-ring (bicyclic) bond motifs is 1. The van der Waals surface area contributed by atoms with Crippen LogP contribution in [-0.2, 0) is 6.61 Å². The molecule has 0 aliphatic rings. The molecule has 0 aliphatic carbocycles. The Morgan fingerprint density at radius 1 is 1.04 bits per heavy atom. The molecule has 0 atom stereocenters. The third-order valence-corrected chi connectivity index (χ3v) is 3.63. The molecule has 5 nitrogen and oxygen atoms in total. The molecule has 0 saturated heterocycles. The van der Waals surface area contributed by atoms with Gasteiger partial charge >= 0.3 is 0 Å². The van der Waals surface area contributed by atoms with Gasteiger partial charge in [0, 0.05) is 42.0 Å². The summed E-state index contributed by atoms with van der Waals surface area (Å²) in [6.45, 7) is 0.155. The molecule has 4 rings (SSSR count). The van der Waals surface area contributed by atoms with Crippen LogP contribution >= 0.6 is 0 Å². The van der Waals surface area contributed by atoms with Gasteiger partial charge in [-0.25, -0.2) is 19.3 Å². The van der Waals surface area contributed by atoms with E-state index in [1.54, 1.807) is 47.3 Å². The Bertz CT molecular complexity index is 1050. The Balaban J connectivity index is 1.59. The summed E-state index contributed by atoms with van der Waals surface area (Å²) < 4.78 is 34.2. The summed E-state index contributed by atoms with van der Waals surface area (Å²) in [7, 11) is 0. The van der Waals surface area contributed by atoms with Gasteiger partial charge in [0.2, 0.25) is 11.7 Å². The Morgan fingerprint density at radius 2 is 1.92 bits per heavy atom. The van der Waals surface area contributed by atoms with Gasteiger partial charge in [0.05, 0.1) is 5.69 Å². The fourth-order valence-corrected chi connectivity index (χ4v) is 2.47. The molecule has 4 aromatic rings. The molecular formula is C18H12F2N4O. The number of aromatic nitrogens is 4. The van der Waals surface area contributed by atoms with Gasteiger partial charge in [0.25, 0.3) is 0 Å². The van der Waals surface area contributed by atoms with E-state index in [0.29, 0.717) is 28.3 Å². The van der Waals surface area contributed by atoms with Crippen LogP contribution < -0.4 is 4.74 Å². The third kappa shape index (κ3) is 3.16. The number of halogens is 2. The van der Waals surface area contributed by atoms with Crippen molar-refractivity contribution in [3.8, 4) is 16.9 Å². The van der Waals surface area contributed by atoms with Gasteiger partial charge in [0.1, 0.15) is 18.2 Å². The van der Waals surface area contributed by atoms with Crippen molar-refractivity contribution < 1.29 is 13.5 Å². The van der Waals surface area contributed by atoms with Gasteiger partial charge in [-0.2, -0.15) is 4.39 Å². The van der Waals surface area contributed by atoms with Crippen molar-refractivity contribution in [3.05, 3.63) is 78.6 Å². The zero-order valence-corrected chi connectivity index (χ0v) is 12.9. The molecular weight excluding hydrogens is 326 g/mol. The van der Waals surface area contributed by atoms with Crippen molar-refractivity contribution in [1.29, 1.82) is 0 Å². The van der Waals surface area contributed by atoms with E-state index in [9.17, 15) is 8.78 Å². The van der Waals surface area contributed by atoms with Gasteiger partial charge in [-0.1, -0.05) is 18.2 Å². The monoisotopic (exact) mass is 338 g/mol. The SMILES string of the molecule is Fc1cc(OCc2cn3cc(-c4ccccc4F)cnc3n2)ccn1. The summed E-state index contributed by atoms with van der Waals surface area (Å²) in [6, 6.07) is 9.26. The zero-order valence-electron chi connectivity index (χ0n) is 12.9. The van der Waals surface area contributed by atoms with Crippen LogP contribution in [-0.4, -0.2) is 19.4 Å². The topological polar surface area (TPSA) is 52.3 Å². The maximum atomic E-state index is 13.9. The number of benzene rings is 1. The van der Waals surface area contributed by atoms with Crippen LogP contribution in [0.5, 0.6) is 5.75 Å². The Labute approximate surface area is 141 Å². The Kier molecular flexibility index (Phi) is 3.81. The fourth-order valence-electron chi connectivity index (χ4n) is 2.47. The minimum atomic E-state index is -0.608. The summed E-state index contributed by atoms with van der Waals surface area (Å²) in [4.78, 5) is 12.0. The van der Waals surface area contributed by atoms with Gasteiger partial charge in [-0.15, -0.1) is 0 Å². The predicted octanol–water partition coefficient (Wildman–Crippen LogP) is 3.65. The highest BCUT2D eigenvalue weighted by Crippen LogP contribution is 2.22. The molecule has 0 spiro atoms. The molecule has 25 heavy (non-hydrogen) atoms. The van der Waals surface area contributed by atoms with Crippen molar-refractivity contribution in [3.63, 3.8) is 0 Å². The molecule has 124 valence electrons. The molecule has 0 radical (unpaired) electrons. The normalized spacial score (nSPS) is 11.0. The van der Waals surface area contributed by atoms with E-state index in [1.165, 1.54) is 18.3 Å². The molecule has 3 aromatic heterocycles. The Hall–Kier alpha value is -3.35. The van der Waals surface area contributed by atoms with Crippen LogP contribution in [0.25, 0.3) is 16.9 Å². The minimum absolute atomic E-state index is 0.155. The minimum Gasteiger partial charge on any atom is -0.487 e. The molecule has 0 fully saturated rings. The number of ether oxygens (including phenoxy) is 1. The van der Waals surface area contributed by atoms with Crippen LogP contribution in [0.1, 0.15) is 5.69 Å². The van der Waals surface area contributed by atoms with E-state index < -0.39 is 5.95 Å². The van der Waals surface area contributed by atoms with E-state index in [-0.39, 0.29) is 12.4 Å². The first-order chi connectivity index (χ1) is 12.2. The number of rotatable bonds is 4. The average molecular weight is 338 g/mol. The molecule has 7 heteroatoms. The molecule has 0 bridgehead atoms. The number of hydrogen-bond donors (Lipinski definition) is 0. The van der Waals surface area contributed by atoms with Crippen molar-refractivity contribution in [2.45, 2.75) is 6.61 Å². The molecule has 0 aliphatic heterocycles. The molecule has 0 N–H and O–H groups in total. The first-order valence-electron chi connectivity index (χ1n) is 7.52. The Morgan fingerprint density at radius 3 is 2.76 bits per heavy atom. The third-order valence-electron chi connectivity index (χ3n) is 3.63. The maximum Gasteiger partial charge on any atom is 0.234 e. The lowest BCUT2D eigenvalue weighted by Gasteiger charge is -2.03. The second-order valence-electron chi connectivity index (χ2n) is 5.36. The van der Waals surface area contributed by atoms with Crippen molar-refractivity contribution in [1.82, 2.24) is 19.4 Å². The van der Waals surface area contributed by atoms with Crippen molar-refractivity contribution in [2.75, 3.05) is 0 Å². The number of nitrogens with zero attached hydrogens (tertiary/aromatic N) is 4. The zero-order chi connectivity index (χ0) is 17.2. The largest absolute Gasteiger partial charge is 0.487 e. The first-order valence-corrected chi connectivity index (χ1v) is 7.52. The summed E-state index contributed by atoms with van der Waals surface area (Å²) >= 11 is 0. The van der Waals surface area contributed by atoms with Crippen LogP contribution in [0.2, 0.25) is 0 Å². The first kappa shape index (κ1) is 15.2.